The lowest BCUT2D eigenvalue weighted by Crippen LogP contribution is -2.14. The van der Waals surface area contributed by atoms with Gasteiger partial charge in [-0.15, -0.1) is 0 Å². The number of hydrogen-bond acceptors (Lipinski definition) is 6. The quantitative estimate of drug-likeness (QED) is 0.434. The molecule has 2 rings (SSSR count). The molecule has 0 saturated heterocycles. The maximum absolute atomic E-state index is 12.4. The number of aliphatic imine (C=N–C) groups is 1. The van der Waals surface area contributed by atoms with Crippen LogP contribution in [0, 0.1) is 0 Å². The van der Waals surface area contributed by atoms with Crippen molar-refractivity contribution in [2.45, 2.75) is 18.9 Å². The number of nitrogens with zero attached hydrogens (tertiary/aromatic N) is 1. The lowest BCUT2D eigenvalue weighted by molar-refractivity contribution is -0.129. The minimum atomic E-state index is -0.531. The van der Waals surface area contributed by atoms with Gasteiger partial charge in [-0.25, -0.2) is 0 Å². The molecule has 0 radical (unpaired) electrons. The molecule has 0 aromatic heterocycles. The normalized spacial score (nSPS) is 12.0. The van der Waals surface area contributed by atoms with E-state index in [2.05, 4.69) is 4.99 Å². The van der Waals surface area contributed by atoms with Crippen LogP contribution in [0.4, 0.5) is 0 Å². The average Bonchev–Trinajstić information content (AvgIpc) is 2.74. The maximum Gasteiger partial charge on any atom is 0.203 e. The van der Waals surface area contributed by atoms with Gasteiger partial charge in [-0.2, -0.15) is 0 Å². The predicted molar refractivity (Wildman–Crippen MR) is 109 cm³/mol. The Morgan fingerprint density at radius 3 is 2.29 bits per heavy atom. The van der Waals surface area contributed by atoms with E-state index in [1.807, 2.05) is 36.4 Å². The molecule has 2 aromatic rings. The second-order valence-electron chi connectivity index (χ2n) is 6.06. The van der Waals surface area contributed by atoms with Crippen molar-refractivity contribution < 1.29 is 23.7 Å². The summed E-state index contributed by atoms with van der Waals surface area (Å²) in [5.41, 5.74) is 1.65. The number of ether oxygens (including phenoxy) is 4. The van der Waals surface area contributed by atoms with Crippen LogP contribution in [0.25, 0.3) is 0 Å². The van der Waals surface area contributed by atoms with Crippen LogP contribution in [-0.2, 0) is 9.53 Å². The SMILES string of the molecule is COc1ccc(C=NCCCC(=O)C(OC)c2ccccc2)c(OC)c1OC. The third-order valence-corrected chi connectivity index (χ3v) is 4.31. The number of methoxy groups -OCH3 is 4. The van der Waals surface area contributed by atoms with Gasteiger partial charge in [0.25, 0.3) is 0 Å². The first-order valence-corrected chi connectivity index (χ1v) is 9.05. The Balaban J connectivity index is 1.94. The summed E-state index contributed by atoms with van der Waals surface area (Å²) >= 11 is 0. The second kappa shape index (κ2) is 11.1. The molecule has 6 heteroatoms. The molecule has 2 aromatic carbocycles. The topological polar surface area (TPSA) is 66.4 Å². The Hall–Kier alpha value is -2.86. The molecule has 1 atom stereocenters. The van der Waals surface area contributed by atoms with Crippen LogP contribution in [-0.4, -0.2) is 47.0 Å². The van der Waals surface area contributed by atoms with E-state index in [0.717, 1.165) is 11.1 Å². The Morgan fingerprint density at radius 1 is 0.964 bits per heavy atom. The molecule has 150 valence electrons. The van der Waals surface area contributed by atoms with E-state index >= 15 is 0 Å². The van der Waals surface area contributed by atoms with E-state index in [1.54, 1.807) is 40.7 Å². The first-order chi connectivity index (χ1) is 13.7. The summed E-state index contributed by atoms with van der Waals surface area (Å²) in [7, 11) is 6.26. The molecule has 28 heavy (non-hydrogen) atoms. The van der Waals surface area contributed by atoms with Gasteiger partial charge in [-0.05, 0) is 24.1 Å². The fourth-order valence-corrected chi connectivity index (χ4v) is 2.95. The Labute approximate surface area is 166 Å². The number of carbonyl (C=O) groups excluding carboxylic acids is 1. The molecule has 0 heterocycles. The van der Waals surface area contributed by atoms with Crippen LogP contribution >= 0.6 is 0 Å². The van der Waals surface area contributed by atoms with Gasteiger partial charge in [0.2, 0.25) is 5.75 Å². The fourth-order valence-electron chi connectivity index (χ4n) is 2.95. The highest BCUT2D eigenvalue weighted by Crippen LogP contribution is 2.39. The molecule has 0 aliphatic carbocycles. The van der Waals surface area contributed by atoms with Crippen molar-refractivity contribution >= 4 is 12.0 Å². The summed E-state index contributed by atoms with van der Waals surface area (Å²) < 4.78 is 21.4. The predicted octanol–water partition coefficient (Wildman–Crippen LogP) is 3.87. The highest BCUT2D eigenvalue weighted by atomic mass is 16.5. The molecule has 1 unspecified atom stereocenters. The van der Waals surface area contributed by atoms with Crippen molar-refractivity contribution in [3.05, 3.63) is 53.6 Å². The number of benzene rings is 2. The summed E-state index contributed by atoms with van der Waals surface area (Å²) in [6.07, 6.45) is 2.22. The van der Waals surface area contributed by atoms with Gasteiger partial charge in [0.05, 0.1) is 21.3 Å². The van der Waals surface area contributed by atoms with Crippen molar-refractivity contribution in [1.29, 1.82) is 0 Å². The first kappa shape index (κ1) is 21.4. The summed E-state index contributed by atoms with van der Waals surface area (Å²) in [4.78, 5) is 16.9. The third-order valence-electron chi connectivity index (χ3n) is 4.31. The van der Waals surface area contributed by atoms with Crippen LogP contribution in [0.1, 0.15) is 30.1 Å². The van der Waals surface area contributed by atoms with E-state index in [-0.39, 0.29) is 5.78 Å². The molecule has 0 N–H and O–H groups in total. The monoisotopic (exact) mass is 385 g/mol. The van der Waals surface area contributed by atoms with Crippen LogP contribution in [0.15, 0.2) is 47.5 Å². The van der Waals surface area contributed by atoms with Gasteiger partial charge in [-0.1, -0.05) is 30.3 Å². The number of ketones is 1. The second-order valence-corrected chi connectivity index (χ2v) is 6.06. The Kier molecular flexibility index (Phi) is 8.49. The molecule has 0 bridgehead atoms. The summed E-state index contributed by atoms with van der Waals surface area (Å²) in [6, 6.07) is 13.2. The van der Waals surface area contributed by atoms with Gasteiger partial charge < -0.3 is 18.9 Å². The van der Waals surface area contributed by atoms with Crippen LogP contribution in [0.5, 0.6) is 17.2 Å². The van der Waals surface area contributed by atoms with Crippen LogP contribution in [0.2, 0.25) is 0 Å². The van der Waals surface area contributed by atoms with E-state index in [0.29, 0.717) is 36.6 Å². The minimum absolute atomic E-state index is 0.0487. The van der Waals surface area contributed by atoms with Crippen molar-refractivity contribution in [2.75, 3.05) is 35.0 Å². The lowest BCUT2D eigenvalue weighted by atomic mass is 10.0. The van der Waals surface area contributed by atoms with Crippen LogP contribution < -0.4 is 14.2 Å². The number of carbonyl (C=O) groups is 1. The van der Waals surface area contributed by atoms with Gasteiger partial charge in [-0.3, -0.25) is 9.79 Å². The maximum atomic E-state index is 12.4. The summed E-state index contributed by atoms with van der Waals surface area (Å²) in [5.74, 6) is 1.72. The van der Waals surface area contributed by atoms with E-state index < -0.39 is 6.10 Å². The highest BCUT2D eigenvalue weighted by molar-refractivity contribution is 5.86. The van der Waals surface area contributed by atoms with Gasteiger partial charge in [0.15, 0.2) is 17.3 Å². The summed E-state index contributed by atoms with van der Waals surface area (Å²) in [5, 5.41) is 0. The van der Waals surface area contributed by atoms with Crippen LogP contribution in [0.3, 0.4) is 0 Å². The smallest absolute Gasteiger partial charge is 0.203 e. The van der Waals surface area contributed by atoms with E-state index in [1.165, 1.54) is 0 Å². The van der Waals surface area contributed by atoms with Crippen molar-refractivity contribution in [3.63, 3.8) is 0 Å². The molecule has 0 fully saturated rings. The lowest BCUT2D eigenvalue weighted by Gasteiger charge is -2.14. The minimum Gasteiger partial charge on any atom is -0.493 e. The fraction of sp³-hybridized carbons (Fsp3) is 0.364. The highest BCUT2D eigenvalue weighted by Gasteiger charge is 2.19. The number of rotatable bonds is 11. The van der Waals surface area contributed by atoms with Gasteiger partial charge in [0, 0.05) is 31.9 Å². The van der Waals surface area contributed by atoms with E-state index in [9.17, 15) is 4.79 Å². The molecule has 0 spiro atoms. The van der Waals surface area contributed by atoms with Gasteiger partial charge in [0.1, 0.15) is 6.10 Å². The third kappa shape index (κ3) is 5.33. The van der Waals surface area contributed by atoms with Crippen molar-refractivity contribution in [2.24, 2.45) is 4.99 Å². The van der Waals surface area contributed by atoms with Crippen molar-refractivity contribution in [1.82, 2.24) is 0 Å². The zero-order valence-corrected chi connectivity index (χ0v) is 16.8. The molecular formula is C22H27NO5. The molecular weight excluding hydrogens is 358 g/mol. The number of Topliss-reactive ketones (excluding diaryl/α,β-unsaturated/α-hetero) is 1. The number of hydrogen-bond donors (Lipinski definition) is 0. The largest absolute Gasteiger partial charge is 0.493 e. The van der Waals surface area contributed by atoms with E-state index in [4.69, 9.17) is 18.9 Å². The summed E-state index contributed by atoms with van der Waals surface area (Å²) in [6.45, 7) is 0.522. The zero-order chi connectivity index (χ0) is 20.4. The average molecular weight is 385 g/mol. The molecule has 0 saturated carbocycles. The molecule has 6 nitrogen and oxygen atoms in total. The molecule has 0 aliphatic rings. The van der Waals surface area contributed by atoms with Crippen molar-refractivity contribution in [3.8, 4) is 17.2 Å². The zero-order valence-electron chi connectivity index (χ0n) is 16.8. The Morgan fingerprint density at radius 2 is 1.68 bits per heavy atom. The Bertz CT molecular complexity index is 789. The first-order valence-electron chi connectivity index (χ1n) is 9.05. The standard InChI is InChI=1S/C22H27NO5/c1-25-19-13-12-17(21(27-3)22(19)28-4)15-23-14-8-11-18(24)20(26-2)16-9-6-5-7-10-16/h5-7,9-10,12-13,15,20H,8,11,14H2,1-4H3. The molecule has 0 aliphatic heterocycles. The molecule has 0 amide bonds. The van der Waals surface area contributed by atoms with Gasteiger partial charge >= 0.3 is 0 Å².